The maximum absolute atomic E-state index is 6.87. The summed E-state index contributed by atoms with van der Waals surface area (Å²) >= 11 is 0. The third-order valence-corrected chi connectivity index (χ3v) is 7.23. The number of aromatic nitrogens is 1. The second-order valence-corrected chi connectivity index (χ2v) is 13.6. The first kappa shape index (κ1) is 19.6. The number of ether oxygens (including phenoxy) is 1. The van der Waals surface area contributed by atoms with E-state index in [1.165, 1.54) is 18.4 Å². The van der Waals surface area contributed by atoms with Crippen LogP contribution in [0.3, 0.4) is 0 Å². The quantitative estimate of drug-likeness (QED) is 0.506. The van der Waals surface area contributed by atoms with Crippen LogP contribution in [0.15, 0.2) is 43.1 Å². The van der Waals surface area contributed by atoms with Gasteiger partial charge in [0.1, 0.15) is 5.75 Å². The van der Waals surface area contributed by atoms with Crippen LogP contribution in [0.5, 0.6) is 5.75 Å². The first-order chi connectivity index (χ1) is 13.4. The van der Waals surface area contributed by atoms with Crippen LogP contribution in [-0.2, 0) is 4.43 Å². The Labute approximate surface area is 169 Å². The fourth-order valence-electron chi connectivity index (χ4n) is 4.94. The maximum Gasteiger partial charge on any atom is 0.184 e. The zero-order valence-electron chi connectivity index (χ0n) is 17.5. The van der Waals surface area contributed by atoms with E-state index in [1.54, 1.807) is 7.11 Å². The molecule has 3 fully saturated rings. The monoisotopic (exact) mass is 396 g/mol. The molecule has 5 atom stereocenters. The van der Waals surface area contributed by atoms with Crippen molar-refractivity contribution in [2.24, 2.45) is 11.8 Å². The van der Waals surface area contributed by atoms with Crippen LogP contribution in [0.25, 0.3) is 10.9 Å². The van der Waals surface area contributed by atoms with Gasteiger partial charge in [-0.05, 0) is 80.7 Å². The summed E-state index contributed by atoms with van der Waals surface area (Å²) in [5.74, 6) is 2.21. The molecule has 5 heteroatoms. The molecule has 2 aromatic rings. The fourth-order valence-corrected chi connectivity index (χ4v) is 5.99. The molecule has 0 aliphatic carbocycles. The van der Waals surface area contributed by atoms with Gasteiger partial charge in [-0.15, -0.1) is 6.58 Å². The number of benzene rings is 1. The lowest BCUT2D eigenvalue weighted by Crippen LogP contribution is -2.56. The molecular formula is C23H32N2O2Si. The van der Waals surface area contributed by atoms with Crippen LogP contribution in [-0.4, -0.2) is 44.4 Å². The highest BCUT2D eigenvalue weighted by Crippen LogP contribution is 2.44. The molecule has 150 valence electrons. The van der Waals surface area contributed by atoms with Gasteiger partial charge in [0.05, 0.1) is 18.7 Å². The van der Waals surface area contributed by atoms with Crippen LogP contribution >= 0.6 is 0 Å². The van der Waals surface area contributed by atoms with Gasteiger partial charge in [0, 0.05) is 24.2 Å². The Hall–Kier alpha value is -1.69. The van der Waals surface area contributed by atoms with Crippen LogP contribution in [0, 0.1) is 11.8 Å². The normalized spacial score (nSPS) is 28.3. The van der Waals surface area contributed by atoms with E-state index in [-0.39, 0.29) is 6.10 Å². The predicted molar refractivity (Wildman–Crippen MR) is 117 cm³/mol. The van der Waals surface area contributed by atoms with Crippen molar-refractivity contribution in [3.63, 3.8) is 0 Å². The zero-order valence-corrected chi connectivity index (χ0v) is 18.5. The van der Waals surface area contributed by atoms with Crippen LogP contribution in [0.4, 0.5) is 0 Å². The van der Waals surface area contributed by atoms with Gasteiger partial charge < -0.3 is 9.16 Å². The van der Waals surface area contributed by atoms with E-state index in [1.807, 2.05) is 18.3 Å². The third-order valence-electron chi connectivity index (χ3n) is 6.27. The molecular weight excluding hydrogens is 364 g/mol. The highest BCUT2D eigenvalue weighted by atomic mass is 28.4. The Morgan fingerprint density at radius 2 is 2.11 bits per heavy atom. The van der Waals surface area contributed by atoms with Crippen molar-refractivity contribution in [1.82, 2.24) is 9.88 Å². The van der Waals surface area contributed by atoms with Crippen molar-refractivity contribution in [3.8, 4) is 5.75 Å². The molecule has 3 saturated heterocycles. The second kappa shape index (κ2) is 7.62. The van der Waals surface area contributed by atoms with E-state index >= 15 is 0 Å². The lowest BCUT2D eigenvalue weighted by Gasteiger charge is -2.52. The van der Waals surface area contributed by atoms with Crippen LogP contribution < -0.4 is 4.74 Å². The van der Waals surface area contributed by atoms with E-state index in [2.05, 4.69) is 54.3 Å². The molecule has 4 heterocycles. The van der Waals surface area contributed by atoms with Crippen molar-refractivity contribution in [1.29, 1.82) is 0 Å². The average Bonchev–Trinajstić information content (AvgIpc) is 2.70. The number of methoxy groups -OCH3 is 1. The number of piperidine rings is 3. The molecule has 5 unspecified atom stereocenters. The van der Waals surface area contributed by atoms with Crippen molar-refractivity contribution < 1.29 is 9.16 Å². The summed E-state index contributed by atoms with van der Waals surface area (Å²) in [7, 11) is -0.0309. The molecule has 5 rings (SSSR count). The first-order valence-electron chi connectivity index (χ1n) is 10.4. The summed E-state index contributed by atoms with van der Waals surface area (Å²) in [5, 5.41) is 1.15. The Morgan fingerprint density at radius 3 is 2.75 bits per heavy atom. The van der Waals surface area contributed by atoms with Crippen molar-refractivity contribution in [2.75, 3.05) is 20.2 Å². The summed E-state index contributed by atoms with van der Waals surface area (Å²) < 4.78 is 12.4. The van der Waals surface area contributed by atoms with Gasteiger partial charge in [-0.1, -0.05) is 6.08 Å². The molecule has 2 bridgehead atoms. The molecule has 1 aromatic carbocycles. The molecule has 3 aliphatic rings. The van der Waals surface area contributed by atoms with Gasteiger partial charge in [-0.2, -0.15) is 0 Å². The zero-order chi connectivity index (χ0) is 19.9. The number of fused-ring (bicyclic) bond motifs is 4. The van der Waals surface area contributed by atoms with E-state index in [0.29, 0.717) is 12.0 Å². The first-order valence-corrected chi connectivity index (χ1v) is 13.8. The largest absolute Gasteiger partial charge is 0.497 e. The Balaban J connectivity index is 1.78. The molecule has 0 radical (unpaired) electrons. The molecule has 3 aliphatic heterocycles. The minimum Gasteiger partial charge on any atom is -0.497 e. The smallest absolute Gasteiger partial charge is 0.184 e. The summed E-state index contributed by atoms with van der Waals surface area (Å²) in [6.45, 7) is 13.2. The maximum atomic E-state index is 6.87. The van der Waals surface area contributed by atoms with Gasteiger partial charge in [0.25, 0.3) is 0 Å². The Bertz CT molecular complexity index is 863. The lowest BCUT2D eigenvalue weighted by atomic mass is 9.73. The minimum absolute atomic E-state index is 0.0674. The lowest BCUT2D eigenvalue weighted by molar-refractivity contribution is -0.0382. The molecule has 0 N–H and O–H groups in total. The van der Waals surface area contributed by atoms with E-state index in [4.69, 9.17) is 9.16 Å². The number of nitrogens with zero attached hydrogens (tertiary/aromatic N) is 2. The van der Waals surface area contributed by atoms with E-state index in [0.717, 1.165) is 35.7 Å². The van der Waals surface area contributed by atoms with Gasteiger partial charge in [0.2, 0.25) is 0 Å². The molecule has 0 amide bonds. The highest BCUT2D eigenvalue weighted by Gasteiger charge is 2.44. The molecule has 0 spiro atoms. The Morgan fingerprint density at radius 1 is 1.29 bits per heavy atom. The number of hydrogen-bond acceptors (Lipinski definition) is 4. The van der Waals surface area contributed by atoms with Gasteiger partial charge in [0.15, 0.2) is 8.32 Å². The molecule has 28 heavy (non-hydrogen) atoms. The fraction of sp³-hybridized carbons (Fsp3) is 0.522. The van der Waals surface area contributed by atoms with Gasteiger partial charge >= 0.3 is 0 Å². The predicted octanol–water partition coefficient (Wildman–Crippen LogP) is 5.03. The van der Waals surface area contributed by atoms with Crippen LogP contribution in [0.1, 0.15) is 24.5 Å². The third kappa shape index (κ3) is 3.75. The molecule has 0 saturated carbocycles. The van der Waals surface area contributed by atoms with Crippen molar-refractivity contribution in [3.05, 3.63) is 48.7 Å². The minimum atomic E-state index is -1.75. The van der Waals surface area contributed by atoms with Gasteiger partial charge in [-0.3, -0.25) is 9.88 Å². The number of hydrogen-bond donors (Lipinski definition) is 0. The summed E-state index contributed by atoms with van der Waals surface area (Å²) in [6, 6.07) is 8.71. The molecule has 4 nitrogen and oxygen atoms in total. The summed E-state index contributed by atoms with van der Waals surface area (Å²) in [4.78, 5) is 7.23. The van der Waals surface area contributed by atoms with Crippen molar-refractivity contribution in [2.45, 2.75) is 44.6 Å². The van der Waals surface area contributed by atoms with E-state index < -0.39 is 8.32 Å². The SMILES string of the molecule is C=CC1CN2CCC1CC2C(O[Si](C)(C)C)c1ccnc2ccc(OC)cc12. The van der Waals surface area contributed by atoms with E-state index in [9.17, 15) is 0 Å². The number of rotatable bonds is 6. The summed E-state index contributed by atoms with van der Waals surface area (Å²) in [5.41, 5.74) is 2.25. The number of pyridine rings is 1. The summed E-state index contributed by atoms with van der Waals surface area (Å²) in [6.07, 6.45) is 6.61. The Kier molecular flexibility index (Phi) is 5.34. The second-order valence-electron chi connectivity index (χ2n) is 9.18. The highest BCUT2D eigenvalue weighted by molar-refractivity contribution is 6.69. The topological polar surface area (TPSA) is 34.6 Å². The standard InChI is InChI=1S/C23H32N2O2Si/c1-6-16-15-25-12-10-17(16)13-22(25)23(27-28(3,4)5)19-9-11-24-21-8-7-18(26-2)14-20(19)21/h6-9,11,14,16-17,22-23H,1,10,12-13,15H2,2-5H3. The van der Waals surface area contributed by atoms with Crippen LogP contribution in [0.2, 0.25) is 19.6 Å². The average molecular weight is 397 g/mol. The van der Waals surface area contributed by atoms with Gasteiger partial charge in [-0.25, -0.2) is 0 Å². The van der Waals surface area contributed by atoms with Crippen molar-refractivity contribution >= 4 is 19.2 Å². The molecule has 1 aromatic heterocycles.